The number of benzene rings is 1. The molecule has 0 amide bonds. The zero-order valence-electron chi connectivity index (χ0n) is 13.6. The van der Waals surface area contributed by atoms with Crippen molar-refractivity contribution < 1.29 is 18.3 Å². The number of nitrogens with zero attached hydrogens (tertiary/aromatic N) is 2. The molecular weight excluding hydrogens is 372 g/mol. The summed E-state index contributed by atoms with van der Waals surface area (Å²) in [4.78, 5) is 16.2. The summed E-state index contributed by atoms with van der Waals surface area (Å²) in [6.07, 6.45) is 0. The van der Waals surface area contributed by atoms with E-state index in [1.807, 2.05) is 13.8 Å². The van der Waals surface area contributed by atoms with Crippen molar-refractivity contribution in [1.82, 2.24) is 9.29 Å². The number of aromatic carboxylic acids is 1. The van der Waals surface area contributed by atoms with Crippen LogP contribution in [-0.4, -0.2) is 35.8 Å². The van der Waals surface area contributed by atoms with Crippen LogP contribution < -0.4 is 0 Å². The highest BCUT2D eigenvalue weighted by molar-refractivity contribution is 7.89. The molecule has 1 aromatic heterocycles. The van der Waals surface area contributed by atoms with Gasteiger partial charge in [-0.3, -0.25) is 0 Å². The molecule has 130 valence electrons. The zero-order chi connectivity index (χ0) is 18.2. The Morgan fingerprint density at radius 3 is 2.50 bits per heavy atom. The molecule has 6 nitrogen and oxygen atoms in total. The van der Waals surface area contributed by atoms with Gasteiger partial charge in [0.2, 0.25) is 10.0 Å². The third-order valence-corrected chi connectivity index (χ3v) is 7.03. The minimum absolute atomic E-state index is 0.0229. The van der Waals surface area contributed by atoms with E-state index in [1.165, 1.54) is 30.5 Å². The molecule has 2 aromatic rings. The SMILES string of the molecule is Cc1nc(C(C)N(C)S(=O)(=O)c2cc(C(=O)O)ccc2Cl)c(C)s1. The Morgan fingerprint density at radius 1 is 1.38 bits per heavy atom. The summed E-state index contributed by atoms with van der Waals surface area (Å²) in [5.74, 6) is -1.22. The molecule has 0 saturated carbocycles. The molecular formula is C15H17ClN2O4S2. The minimum atomic E-state index is -3.98. The van der Waals surface area contributed by atoms with Crippen LogP contribution in [0.2, 0.25) is 5.02 Å². The zero-order valence-corrected chi connectivity index (χ0v) is 16.0. The normalized spacial score (nSPS) is 13.2. The van der Waals surface area contributed by atoms with Gasteiger partial charge in [0.15, 0.2) is 0 Å². The summed E-state index contributed by atoms with van der Waals surface area (Å²) in [7, 11) is -2.55. The monoisotopic (exact) mass is 388 g/mol. The van der Waals surface area contributed by atoms with Gasteiger partial charge in [-0.25, -0.2) is 18.2 Å². The Hall–Kier alpha value is -1.48. The lowest BCUT2D eigenvalue weighted by molar-refractivity contribution is 0.0696. The van der Waals surface area contributed by atoms with Crippen LogP contribution in [-0.2, 0) is 10.0 Å². The van der Waals surface area contributed by atoms with E-state index in [1.54, 1.807) is 6.92 Å². The van der Waals surface area contributed by atoms with E-state index in [-0.39, 0.29) is 15.5 Å². The molecule has 24 heavy (non-hydrogen) atoms. The lowest BCUT2D eigenvalue weighted by Crippen LogP contribution is -2.30. The highest BCUT2D eigenvalue weighted by atomic mass is 35.5. The smallest absolute Gasteiger partial charge is 0.335 e. The number of sulfonamides is 1. The molecule has 0 aliphatic rings. The molecule has 0 bridgehead atoms. The van der Waals surface area contributed by atoms with Crippen LogP contribution in [0, 0.1) is 13.8 Å². The molecule has 1 unspecified atom stereocenters. The van der Waals surface area contributed by atoms with Crippen LogP contribution >= 0.6 is 22.9 Å². The second kappa shape index (κ2) is 6.79. The van der Waals surface area contributed by atoms with E-state index in [4.69, 9.17) is 16.7 Å². The lowest BCUT2D eigenvalue weighted by Gasteiger charge is -2.24. The lowest BCUT2D eigenvalue weighted by atomic mass is 10.2. The van der Waals surface area contributed by atoms with E-state index in [2.05, 4.69) is 4.98 Å². The van der Waals surface area contributed by atoms with Gasteiger partial charge in [0.05, 0.1) is 27.3 Å². The molecule has 0 spiro atoms. The summed E-state index contributed by atoms with van der Waals surface area (Å²) in [6, 6.07) is 3.10. The van der Waals surface area contributed by atoms with Crippen molar-refractivity contribution in [1.29, 1.82) is 0 Å². The van der Waals surface area contributed by atoms with Gasteiger partial charge in [0, 0.05) is 11.9 Å². The first-order valence-corrected chi connectivity index (χ1v) is 9.64. The molecule has 1 atom stereocenters. The van der Waals surface area contributed by atoms with E-state index in [0.29, 0.717) is 5.69 Å². The summed E-state index contributed by atoms with van der Waals surface area (Å²) < 4.78 is 26.9. The first-order chi connectivity index (χ1) is 11.1. The van der Waals surface area contributed by atoms with Gasteiger partial charge in [-0.1, -0.05) is 11.6 Å². The molecule has 1 N–H and O–H groups in total. The largest absolute Gasteiger partial charge is 0.478 e. The molecule has 2 rings (SSSR count). The van der Waals surface area contributed by atoms with Crippen LogP contribution in [0.15, 0.2) is 23.1 Å². The summed E-state index contributed by atoms with van der Waals surface area (Å²) in [5.41, 5.74) is 0.536. The number of hydrogen-bond donors (Lipinski definition) is 1. The number of carbonyl (C=O) groups is 1. The maximum Gasteiger partial charge on any atom is 0.335 e. The van der Waals surface area contributed by atoms with Crippen LogP contribution in [0.3, 0.4) is 0 Å². The summed E-state index contributed by atoms with van der Waals surface area (Å²) in [5, 5.41) is 9.90. The fraction of sp³-hybridized carbons (Fsp3) is 0.333. The van der Waals surface area contributed by atoms with E-state index >= 15 is 0 Å². The van der Waals surface area contributed by atoms with Gasteiger partial charge in [-0.15, -0.1) is 11.3 Å². The highest BCUT2D eigenvalue weighted by Crippen LogP contribution is 2.32. The molecule has 9 heteroatoms. The quantitative estimate of drug-likeness (QED) is 0.846. The number of aromatic nitrogens is 1. The van der Waals surface area contributed by atoms with Crippen molar-refractivity contribution >= 4 is 38.9 Å². The van der Waals surface area contributed by atoms with Crippen molar-refractivity contribution in [2.24, 2.45) is 0 Å². The standard InChI is InChI=1S/C15H17ClN2O4S2/c1-8(14-9(2)23-10(3)17-14)18(4)24(21,22)13-7-11(15(19)20)5-6-12(13)16/h5-8H,1-4H3,(H,19,20). The Balaban J connectivity index is 2.48. The molecule has 0 saturated heterocycles. The van der Waals surface area contributed by atoms with Crippen LogP contribution in [0.4, 0.5) is 0 Å². The molecule has 0 aliphatic carbocycles. The van der Waals surface area contributed by atoms with Crippen molar-refractivity contribution in [2.45, 2.75) is 31.7 Å². The van der Waals surface area contributed by atoms with Gasteiger partial charge < -0.3 is 5.11 Å². The number of thiazole rings is 1. The predicted molar refractivity (Wildman–Crippen MR) is 93.4 cm³/mol. The first kappa shape index (κ1) is 18.9. The average molecular weight is 389 g/mol. The number of carboxylic acid groups (broad SMARTS) is 1. The molecule has 0 fully saturated rings. The van der Waals surface area contributed by atoms with Gasteiger partial charge in [0.25, 0.3) is 0 Å². The Labute approximate surface area is 149 Å². The van der Waals surface area contributed by atoms with Gasteiger partial charge in [-0.05, 0) is 39.0 Å². The molecule has 1 heterocycles. The number of hydrogen-bond acceptors (Lipinski definition) is 5. The third-order valence-electron chi connectivity index (χ3n) is 3.72. The Bertz CT molecular complexity index is 893. The third kappa shape index (κ3) is 3.46. The Kier molecular flexibility index (Phi) is 5.34. The van der Waals surface area contributed by atoms with Crippen molar-refractivity contribution in [3.05, 3.63) is 44.4 Å². The van der Waals surface area contributed by atoms with Crippen molar-refractivity contribution in [2.75, 3.05) is 7.05 Å². The number of aryl methyl sites for hydroxylation is 2. The van der Waals surface area contributed by atoms with Gasteiger partial charge in [0.1, 0.15) is 4.90 Å². The van der Waals surface area contributed by atoms with Crippen molar-refractivity contribution in [3.63, 3.8) is 0 Å². The van der Waals surface area contributed by atoms with Crippen LogP contribution in [0.25, 0.3) is 0 Å². The minimum Gasteiger partial charge on any atom is -0.478 e. The number of carboxylic acids is 1. The maximum absolute atomic E-state index is 12.9. The maximum atomic E-state index is 12.9. The van der Waals surface area contributed by atoms with E-state index in [0.717, 1.165) is 20.3 Å². The second-order valence-corrected chi connectivity index (χ2v) is 9.10. The molecule has 0 aliphatic heterocycles. The summed E-state index contributed by atoms with van der Waals surface area (Å²) >= 11 is 7.50. The fourth-order valence-electron chi connectivity index (χ4n) is 2.30. The van der Waals surface area contributed by atoms with Gasteiger partial charge in [-0.2, -0.15) is 4.31 Å². The number of rotatable bonds is 5. The molecule has 0 radical (unpaired) electrons. The first-order valence-electron chi connectivity index (χ1n) is 7.00. The van der Waals surface area contributed by atoms with Crippen LogP contribution in [0.1, 0.15) is 38.9 Å². The second-order valence-electron chi connectivity index (χ2n) is 5.32. The Morgan fingerprint density at radius 2 is 2.00 bits per heavy atom. The van der Waals surface area contributed by atoms with Crippen molar-refractivity contribution in [3.8, 4) is 0 Å². The topological polar surface area (TPSA) is 87.6 Å². The fourth-order valence-corrected chi connectivity index (χ4v) is 5.04. The molecule has 1 aromatic carbocycles. The number of halogens is 1. The van der Waals surface area contributed by atoms with Gasteiger partial charge >= 0.3 is 5.97 Å². The predicted octanol–water partition coefficient (Wildman–Crippen LogP) is 3.49. The van der Waals surface area contributed by atoms with E-state index < -0.39 is 22.0 Å². The average Bonchev–Trinajstić information content (AvgIpc) is 2.84. The van der Waals surface area contributed by atoms with Crippen LogP contribution in [0.5, 0.6) is 0 Å². The van der Waals surface area contributed by atoms with E-state index in [9.17, 15) is 13.2 Å². The summed E-state index contributed by atoms with van der Waals surface area (Å²) in [6.45, 7) is 5.47. The highest BCUT2D eigenvalue weighted by Gasteiger charge is 2.31.